The van der Waals surface area contributed by atoms with Crippen LogP contribution in [0, 0.1) is 6.92 Å². The molecule has 3 nitrogen and oxygen atoms in total. The minimum atomic E-state index is -0.0371. The van der Waals surface area contributed by atoms with Crippen LogP contribution in [0.25, 0.3) is 6.08 Å². The molecule has 0 radical (unpaired) electrons. The van der Waals surface area contributed by atoms with E-state index in [1.165, 1.54) is 5.56 Å². The Morgan fingerprint density at radius 1 is 1.39 bits per heavy atom. The maximum absolute atomic E-state index is 11.5. The van der Waals surface area contributed by atoms with E-state index >= 15 is 0 Å². The van der Waals surface area contributed by atoms with Crippen LogP contribution in [0.2, 0.25) is 0 Å². The van der Waals surface area contributed by atoms with Gasteiger partial charge in [-0.2, -0.15) is 0 Å². The highest BCUT2D eigenvalue weighted by Gasteiger charge is 1.97. The number of thiophene rings is 1. The summed E-state index contributed by atoms with van der Waals surface area (Å²) in [4.78, 5) is 12.6. The molecule has 1 rings (SSSR count). The lowest BCUT2D eigenvalue weighted by Gasteiger charge is -2.01. The van der Waals surface area contributed by atoms with E-state index in [0.717, 1.165) is 30.6 Å². The molecule has 4 heteroatoms. The van der Waals surface area contributed by atoms with Gasteiger partial charge in [-0.3, -0.25) is 4.79 Å². The Hall–Kier alpha value is -1.13. The lowest BCUT2D eigenvalue weighted by Crippen LogP contribution is -2.21. The Morgan fingerprint density at radius 3 is 2.83 bits per heavy atom. The molecule has 1 heterocycles. The molecule has 0 saturated carbocycles. The number of rotatable bonds is 8. The molecule has 0 unspecified atom stereocenters. The second kappa shape index (κ2) is 8.89. The van der Waals surface area contributed by atoms with Crippen LogP contribution in [0.5, 0.6) is 0 Å². The summed E-state index contributed by atoms with van der Waals surface area (Å²) in [6.45, 7) is 3.00. The number of aliphatic hydroxyl groups excluding tert-OH is 1. The van der Waals surface area contributed by atoms with E-state index in [1.807, 2.05) is 24.4 Å². The van der Waals surface area contributed by atoms with Gasteiger partial charge < -0.3 is 10.4 Å². The first-order chi connectivity index (χ1) is 8.74. The number of unbranched alkanes of at least 4 members (excludes halogenated alkanes) is 3. The van der Waals surface area contributed by atoms with Crippen molar-refractivity contribution in [1.82, 2.24) is 5.32 Å². The molecule has 0 aromatic carbocycles. The van der Waals surface area contributed by atoms with Crippen molar-refractivity contribution in [2.24, 2.45) is 0 Å². The fourth-order valence-corrected chi connectivity index (χ4v) is 2.39. The second-order valence-electron chi connectivity index (χ2n) is 4.23. The SMILES string of the molecule is Cc1ccsc1/C=C/C(=O)NCCCCCCO. The predicted octanol–water partition coefficient (Wildman–Crippen LogP) is 2.74. The zero-order valence-corrected chi connectivity index (χ0v) is 11.6. The van der Waals surface area contributed by atoms with Crippen LogP contribution < -0.4 is 5.32 Å². The number of carbonyl (C=O) groups is 1. The quantitative estimate of drug-likeness (QED) is 0.562. The van der Waals surface area contributed by atoms with Gasteiger partial charge in [0.1, 0.15) is 0 Å². The monoisotopic (exact) mass is 267 g/mol. The third kappa shape index (κ3) is 5.98. The van der Waals surface area contributed by atoms with E-state index in [2.05, 4.69) is 5.32 Å². The third-order valence-corrected chi connectivity index (χ3v) is 3.66. The standard InChI is InChI=1S/C14H21NO2S/c1-12-8-11-18-13(12)6-7-14(17)15-9-4-2-3-5-10-16/h6-8,11,16H,2-5,9-10H2,1H3,(H,15,17)/b7-6+. The van der Waals surface area contributed by atoms with Gasteiger partial charge in [0.15, 0.2) is 0 Å². The molecule has 0 spiro atoms. The van der Waals surface area contributed by atoms with E-state index < -0.39 is 0 Å². The Kier molecular flexibility index (Phi) is 7.37. The smallest absolute Gasteiger partial charge is 0.244 e. The van der Waals surface area contributed by atoms with Crippen LogP contribution in [-0.2, 0) is 4.79 Å². The van der Waals surface area contributed by atoms with Crippen LogP contribution in [0.4, 0.5) is 0 Å². The number of aliphatic hydroxyl groups is 1. The molecule has 18 heavy (non-hydrogen) atoms. The first-order valence-corrected chi connectivity index (χ1v) is 7.23. The van der Waals surface area contributed by atoms with E-state index in [4.69, 9.17) is 5.11 Å². The molecule has 1 aromatic heterocycles. The summed E-state index contributed by atoms with van der Waals surface area (Å²) in [5.41, 5.74) is 1.20. The molecule has 0 aliphatic carbocycles. The first-order valence-electron chi connectivity index (χ1n) is 6.35. The lowest BCUT2D eigenvalue weighted by molar-refractivity contribution is -0.116. The number of aryl methyl sites for hydroxylation is 1. The molecule has 0 atom stereocenters. The highest BCUT2D eigenvalue weighted by Crippen LogP contribution is 2.16. The van der Waals surface area contributed by atoms with Gasteiger partial charge in [0.05, 0.1) is 0 Å². The van der Waals surface area contributed by atoms with Crippen LogP contribution in [0.3, 0.4) is 0 Å². The van der Waals surface area contributed by atoms with Gasteiger partial charge in [-0.1, -0.05) is 12.8 Å². The summed E-state index contributed by atoms with van der Waals surface area (Å²) in [7, 11) is 0. The Balaban J connectivity index is 2.14. The highest BCUT2D eigenvalue weighted by molar-refractivity contribution is 7.11. The highest BCUT2D eigenvalue weighted by atomic mass is 32.1. The molecule has 1 aromatic rings. The predicted molar refractivity (Wildman–Crippen MR) is 76.7 cm³/mol. The summed E-state index contributed by atoms with van der Waals surface area (Å²) in [6, 6.07) is 2.05. The zero-order chi connectivity index (χ0) is 13.2. The Morgan fingerprint density at radius 2 is 2.17 bits per heavy atom. The molecule has 100 valence electrons. The molecular weight excluding hydrogens is 246 g/mol. The van der Waals surface area contributed by atoms with Crippen molar-refractivity contribution in [3.8, 4) is 0 Å². The van der Waals surface area contributed by atoms with Crippen molar-refractivity contribution in [2.45, 2.75) is 32.6 Å². The largest absolute Gasteiger partial charge is 0.396 e. The van der Waals surface area contributed by atoms with Crippen molar-refractivity contribution >= 4 is 23.3 Å². The maximum Gasteiger partial charge on any atom is 0.244 e. The van der Waals surface area contributed by atoms with E-state index in [0.29, 0.717) is 6.54 Å². The van der Waals surface area contributed by atoms with Gasteiger partial charge in [-0.05, 0) is 42.9 Å². The first kappa shape index (κ1) is 14.9. The van der Waals surface area contributed by atoms with E-state index in [1.54, 1.807) is 17.4 Å². The van der Waals surface area contributed by atoms with Crippen molar-refractivity contribution in [2.75, 3.05) is 13.2 Å². The fourth-order valence-electron chi connectivity index (χ4n) is 1.57. The zero-order valence-electron chi connectivity index (χ0n) is 10.8. The minimum absolute atomic E-state index is 0.0371. The molecule has 0 aliphatic rings. The van der Waals surface area contributed by atoms with Gasteiger partial charge in [0.25, 0.3) is 0 Å². The molecule has 0 aliphatic heterocycles. The average molecular weight is 267 g/mol. The molecule has 1 amide bonds. The van der Waals surface area contributed by atoms with Crippen molar-refractivity contribution in [1.29, 1.82) is 0 Å². The van der Waals surface area contributed by atoms with Crippen LogP contribution in [-0.4, -0.2) is 24.2 Å². The van der Waals surface area contributed by atoms with Gasteiger partial charge in [-0.15, -0.1) is 11.3 Å². The summed E-state index contributed by atoms with van der Waals surface area (Å²) in [5.74, 6) is -0.0371. The summed E-state index contributed by atoms with van der Waals surface area (Å²) in [5, 5.41) is 13.5. The number of amides is 1. The minimum Gasteiger partial charge on any atom is -0.396 e. The van der Waals surface area contributed by atoms with Gasteiger partial charge in [-0.25, -0.2) is 0 Å². The van der Waals surface area contributed by atoms with Crippen LogP contribution >= 0.6 is 11.3 Å². The van der Waals surface area contributed by atoms with Gasteiger partial charge in [0.2, 0.25) is 5.91 Å². The average Bonchev–Trinajstić information content (AvgIpc) is 2.77. The fraction of sp³-hybridized carbons (Fsp3) is 0.500. The number of hydrogen-bond acceptors (Lipinski definition) is 3. The van der Waals surface area contributed by atoms with E-state index in [9.17, 15) is 4.79 Å². The lowest BCUT2D eigenvalue weighted by atomic mass is 10.2. The molecule has 0 fully saturated rings. The summed E-state index contributed by atoms with van der Waals surface area (Å²) in [6.07, 6.45) is 7.35. The number of carbonyl (C=O) groups excluding carboxylic acids is 1. The molecule has 0 bridgehead atoms. The van der Waals surface area contributed by atoms with E-state index in [-0.39, 0.29) is 12.5 Å². The maximum atomic E-state index is 11.5. The normalized spacial score (nSPS) is 11.0. The Bertz CT molecular complexity index is 385. The van der Waals surface area contributed by atoms with Crippen molar-refractivity contribution in [3.63, 3.8) is 0 Å². The second-order valence-corrected chi connectivity index (χ2v) is 5.18. The summed E-state index contributed by atoms with van der Waals surface area (Å²) >= 11 is 1.64. The number of nitrogens with one attached hydrogen (secondary N) is 1. The van der Waals surface area contributed by atoms with Crippen LogP contribution in [0.15, 0.2) is 17.5 Å². The molecule has 0 saturated heterocycles. The Labute approximate surface area is 113 Å². The van der Waals surface area contributed by atoms with Crippen molar-refractivity contribution in [3.05, 3.63) is 28.0 Å². The topological polar surface area (TPSA) is 49.3 Å². The summed E-state index contributed by atoms with van der Waals surface area (Å²) < 4.78 is 0. The molecule has 2 N–H and O–H groups in total. The van der Waals surface area contributed by atoms with Gasteiger partial charge >= 0.3 is 0 Å². The van der Waals surface area contributed by atoms with Crippen LogP contribution in [0.1, 0.15) is 36.1 Å². The van der Waals surface area contributed by atoms with Gasteiger partial charge in [0, 0.05) is 24.1 Å². The molecular formula is C14H21NO2S. The van der Waals surface area contributed by atoms with Crippen molar-refractivity contribution < 1.29 is 9.90 Å². The third-order valence-electron chi connectivity index (χ3n) is 2.67. The number of hydrogen-bond donors (Lipinski definition) is 2.